The molecule has 56 valence electrons. The van der Waals surface area contributed by atoms with Crippen LogP contribution in [0.15, 0.2) is 0 Å². The molecule has 0 N–H and O–H groups in total. The minimum atomic E-state index is 0.489. The van der Waals surface area contributed by atoms with Crippen molar-refractivity contribution in [3.05, 3.63) is 0 Å². The van der Waals surface area contributed by atoms with Crippen molar-refractivity contribution in [3.8, 4) is 0 Å². The zero-order valence-electron chi connectivity index (χ0n) is 6.81. The van der Waals surface area contributed by atoms with Gasteiger partial charge in [0.25, 0.3) is 0 Å². The van der Waals surface area contributed by atoms with Crippen LogP contribution in [0.5, 0.6) is 0 Å². The first-order chi connectivity index (χ1) is 4.20. The molecule has 0 aromatic heterocycles. The van der Waals surface area contributed by atoms with Crippen molar-refractivity contribution >= 4 is 10.9 Å². The molecule has 0 aliphatic heterocycles. The molecule has 0 radical (unpaired) electrons. The lowest BCUT2D eigenvalue weighted by Gasteiger charge is -2.08. The Hall–Kier alpha value is 0.310. The smallest absolute Gasteiger partial charge is 0.133 e. The summed E-state index contributed by atoms with van der Waals surface area (Å²) in [4.78, 5) is 0. The highest BCUT2D eigenvalue weighted by atomic mass is 32.2. The molecule has 0 aliphatic rings. The topological polar surface area (TPSA) is 9.23 Å². The molecule has 0 heterocycles. The summed E-state index contributed by atoms with van der Waals surface area (Å²) in [5.41, 5.74) is 0. The lowest BCUT2D eigenvalue weighted by atomic mass is 10.3. The predicted octanol–water partition coefficient (Wildman–Crippen LogP) is 1.29. The normalized spacial score (nSPS) is 14.3. The maximum Gasteiger partial charge on any atom is 0.133 e. The molecule has 0 aliphatic carbocycles. The second kappa shape index (κ2) is 5.12. The summed E-state index contributed by atoms with van der Waals surface area (Å²) in [6.45, 7) is 2.17. The van der Waals surface area contributed by atoms with Crippen molar-refractivity contribution in [1.82, 2.24) is 0 Å². The third kappa shape index (κ3) is 4.79. The van der Waals surface area contributed by atoms with Crippen LogP contribution in [0, 0.1) is 0 Å². The van der Waals surface area contributed by atoms with Crippen molar-refractivity contribution in [1.29, 1.82) is 0 Å². The molecular formula is C7H17OS+. The van der Waals surface area contributed by atoms with Gasteiger partial charge in [0.2, 0.25) is 0 Å². The van der Waals surface area contributed by atoms with E-state index in [4.69, 9.17) is 4.74 Å². The molecule has 1 atom stereocenters. The fourth-order valence-electron chi connectivity index (χ4n) is 0.724. The fraction of sp³-hybridized carbons (Fsp3) is 1.00. The molecule has 0 saturated heterocycles. The summed E-state index contributed by atoms with van der Waals surface area (Å²) < 4.78 is 5.22. The van der Waals surface area contributed by atoms with Gasteiger partial charge < -0.3 is 4.74 Å². The Kier molecular flexibility index (Phi) is 5.30. The Labute approximate surface area is 61.1 Å². The first-order valence-corrected chi connectivity index (χ1v) is 5.48. The third-order valence-corrected chi connectivity index (χ3v) is 2.35. The third-order valence-electron chi connectivity index (χ3n) is 1.31. The summed E-state index contributed by atoms with van der Waals surface area (Å²) in [6, 6.07) is 0. The van der Waals surface area contributed by atoms with Gasteiger partial charge in [-0.15, -0.1) is 0 Å². The van der Waals surface area contributed by atoms with E-state index in [0.29, 0.717) is 17.0 Å². The van der Waals surface area contributed by atoms with E-state index in [9.17, 15) is 0 Å². The summed E-state index contributed by atoms with van der Waals surface area (Å²) in [5.74, 6) is 1.22. The Balaban J connectivity index is 3.31. The fourth-order valence-corrected chi connectivity index (χ4v) is 1.84. The van der Waals surface area contributed by atoms with Crippen molar-refractivity contribution < 1.29 is 4.74 Å². The maximum absolute atomic E-state index is 5.22. The SMILES string of the molecule is CCC(C[S+](C)C)OC. The summed E-state index contributed by atoms with van der Waals surface area (Å²) in [7, 11) is 2.32. The zero-order chi connectivity index (χ0) is 7.28. The molecule has 1 unspecified atom stereocenters. The van der Waals surface area contributed by atoms with Gasteiger partial charge in [0, 0.05) is 7.11 Å². The van der Waals surface area contributed by atoms with Crippen LogP contribution >= 0.6 is 0 Å². The van der Waals surface area contributed by atoms with Crippen LogP contribution in [-0.2, 0) is 15.6 Å². The van der Waals surface area contributed by atoms with Gasteiger partial charge in [0.1, 0.15) is 11.9 Å². The van der Waals surface area contributed by atoms with Crippen molar-refractivity contribution in [2.45, 2.75) is 19.4 Å². The highest BCUT2D eigenvalue weighted by Gasteiger charge is 2.11. The van der Waals surface area contributed by atoms with Gasteiger partial charge in [0.05, 0.1) is 12.5 Å². The molecule has 0 rings (SSSR count). The van der Waals surface area contributed by atoms with Crippen LogP contribution in [0.25, 0.3) is 0 Å². The largest absolute Gasteiger partial charge is 0.377 e. The van der Waals surface area contributed by atoms with Crippen LogP contribution < -0.4 is 0 Å². The second-order valence-corrected chi connectivity index (χ2v) is 4.72. The molecular weight excluding hydrogens is 132 g/mol. The lowest BCUT2D eigenvalue weighted by molar-refractivity contribution is 0.119. The molecule has 0 bridgehead atoms. The van der Waals surface area contributed by atoms with Gasteiger partial charge in [-0.25, -0.2) is 0 Å². The quantitative estimate of drug-likeness (QED) is 0.547. The average Bonchev–Trinajstić information content (AvgIpc) is 1.82. The van der Waals surface area contributed by atoms with Crippen LogP contribution in [0.1, 0.15) is 13.3 Å². The highest BCUT2D eigenvalue weighted by Crippen LogP contribution is 1.99. The molecule has 0 aromatic rings. The van der Waals surface area contributed by atoms with E-state index in [1.165, 1.54) is 5.75 Å². The van der Waals surface area contributed by atoms with Crippen LogP contribution in [0.4, 0.5) is 0 Å². The van der Waals surface area contributed by atoms with Crippen molar-refractivity contribution in [3.63, 3.8) is 0 Å². The Morgan fingerprint density at radius 1 is 1.44 bits per heavy atom. The first kappa shape index (κ1) is 9.31. The predicted molar refractivity (Wildman–Crippen MR) is 45.2 cm³/mol. The van der Waals surface area contributed by atoms with Crippen molar-refractivity contribution in [2.75, 3.05) is 25.4 Å². The number of hydrogen-bond acceptors (Lipinski definition) is 1. The van der Waals surface area contributed by atoms with E-state index < -0.39 is 0 Å². The van der Waals surface area contributed by atoms with Gasteiger partial charge in [-0.05, 0) is 17.3 Å². The standard InChI is InChI=1S/C7H17OS/c1-5-7(8-2)6-9(3)4/h7H,5-6H2,1-4H3/q+1. The summed E-state index contributed by atoms with van der Waals surface area (Å²) in [6.07, 6.45) is 6.13. The van der Waals surface area contributed by atoms with E-state index in [2.05, 4.69) is 19.4 Å². The number of ether oxygens (including phenoxy) is 1. The zero-order valence-corrected chi connectivity index (χ0v) is 7.62. The van der Waals surface area contributed by atoms with E-state index in [1.807, 2.05) is 0 Å². The highest BCUT2D eigenvalue weighted by molar-refractivity contribution is 7.95. The number of methoxy groups -OCH3 is 1. The van der Waals surface area contributed by atoms with E-state index in [1.54, 1.807) is 7.11 Å². The lowest BCUT2D eigenvalue weighted by Crippen LogP contribution is -2.20. The Morgan fingerprint density at radius 2 is 2.00 bits per heavy atom. The second-order valence-electron chi connectivity index (χ2n) is 2.42. The van der Waals surface area contributed by atoms with Crippen LogP contribution in [-0.4, -0.2) is 31.5 Å². The van der Waals surface area contributed by atoms with Crippen LogP contribution in [0.3, 0.4) is 0 Å². The molecule has 9 heavy (non-hydrogen) atoms. The number of hydrogen-bond donors (Lipinski definition) is 0. The molecule has 1 nitrogen and oxygen atoms in total. The molecule has 0 fully saturated rings. The molecule has 0 spiro atoms. The van der Waals surface area contributed by atoms with Crippen molar-refractivity contribution in [2.24, 2.45) is 0 Å². The van der Waals surface area contributed by atoms with Gasteiger partial charge >= 0.3 is 0 Å². The van der Waals surface area contributed by atoms with E-state index in [-0.39, 0.29) is 0 Å². The number of rotatable bonds is 4. The molecule has 2 heteroatoms. The van der Waals surface area contributed by atoms with E-state index >= 15 is 0 Å². The maximum atomic E-state index is 5.22. The van der Waals surface area contributed by atoms with Gasteiger partial charge in [0.15, 0.2) is 0 Å². The molecule has 0 aromatic carbocycles. The summed E-state index contributed by atoms with van der Waals surface area (Å²) >= 11 is 0. The monoisotopic (exact) mass is 149 g/mol. The molecule has 0 saturated carbocycles. The van der Waals surface area contributed by atoms with Crippen LogP contribution in [0.2, 0.25) is 0 Å². The Bertz CT molecular complexity index is 59.9. The minimum absolute atomic E-state index is 0.489. The molecule has 0 amide bonds. The summed E-state index contributed by atoms with van der Waals surface area (Å²) in [5, 5.41) is 0. The van der Waals surface area contributed by atoms with Gasteiger partial charge in [-0.1, -0.05) is 6.92 Å². The average molecular weight is 149 g/mol. The van der Waals surface area contributed by atoms with E-state index in [0.717, 1.165) is 6.42 Å². The van der Waals surface area contributed by atoms with Gasteiger partial charge in [-0.2, -0.15) is 0 Å². The minimum Gasteiger partial charge on any atom is -0.377 e. The Morgan fingerprint density at radius 3 is 2.11 bits per heavy atom. The first-order valence-electron chi connectivity index (χ1n) is 3.27. The van der Waals surface area contributed by atoms with Gasteiger partial charge in [-0.3, -0.25) is 0 Å².